The zero-order valence-electron chi connectivity index (χ0n) is 22.9. The molecule has 5 rings (SSSR count). The van der Waals surface area contributed by atoms with E-state index in [1.54, 1.807) is 13.8 Å². The first-order valence-electron chi connectivity index (χ1n) is 13.8. The van der Waals surface area contributed by atoms with Crippen molar-refractivity contribution in [1.29, 1.82) is 0 Å². The molecule has 214 valence electrons. The molecular weight excluding hydrogens is 531 g/mol. The maximum atomic E-state index is 14.2. The minimum absolute atomic E-state index is 0.190. The van der Waals surface area contributed by atoms with Crippen LogP contribution in [-0.2, 0) is 50.5 Å². The van der Waals surface area contributed by atoms with Crippen LogP contribution in [0.5, 0.6) is 0 Å². The Balaban J connectivity index is 1.49. The van der Waals surface area contributed by atoms with Crippen LogP contribution in [0.25, 0.3) is 0 Å². The highest BCUT2D eigenvalue weighted by molar-refractivity contribution is 7.54. The fourth-order valence-corrected chi connectivity index (χ4v) is 7.05. The minimum Gasteiger partial charge on any atom is -0.368 e. The maximum Gasteiger partial charge on any atom is 0.361 e. The molecule has 2 fully saturated rings. The van der Waals surface area contributed by atoms with E-state index < -0.39 is 44.1 Å². The lowest BCUT2D eigenvalue weighted by Gasteiger charge is -2.50. The van der Waals surface area contributed by atoms with Crippen LogP contribution in [-0.4, -0.2) is 50.1 Å². The van der Waals surface area contributed by atoms with Crippen molar-refractivity contribution in [2.45, 2.75) is 63.6 Å². The summed E-state index contributed by atoms with van der Waals surface area (Å²) in [6, 6.07) is 29.4. The fourth-order valence-electron chi connectivity index (χ4n) is 5.04. The lowest BCUT2D eigenvalue weighted by Crippen LogP contribution is -2.63. The zero-order chi connectivity index (χ0) is 27.8. The summed E-state index contributed by atoms with van der Waals surface area (Å²) < 4.78 is 57.9. The average molecular weight is 569 g/mol. The third-order valence-corrected chi connectivity index (χ3v) is 9.15. The second-order valence-electron chi connectivity index (χ2n) is 9.64. The lowest BCUT2D eigenvalue weighted by atomic mass is 9.98. The third-order valence-electron chi connectivity index (χ3n) is 6.87. The molecule has 0 radical (unpaired) electrons. The van der Waals surface area contributed by atoms with E-state index in [9.17, 15) is 4.57 Å². The summed E-state index contributed by atoms with van der Waals surface area (Å²) in [7, 11) is -3.78. The van der Waals surface area contributed by atoms with Gasteiger partial charge in [0.2, 0.25) is 0 Å². The topological polar surface area (TPSA) is 81.7 Å². The predicted molar refractivity (Wildman–Crippen MR) is 150 cm³/mol. The molecule has 6 atom stereocenters. The monoisotopic (exact) mass is 568 g/mol. The van der Waals surface area contributed by atoms with Gasteiger partial charge >= 0.3 is 7.60 Å². The molecule has 0 spiro atoms. The van der Waals surface area contributed by atoms with Gasteiger partial charge in [-0.3, -0.25) is 4.57 Å². The SMILES string of the molecule is CCOP(=O)(OCC)[C@H]1O[C@@H]2COC(c3ccccc3)O[C@H]2[C@H](OCc2ccccc2)[C@@H]1OCc1ccccc1. The summed E-state index contributed by atoms with van der Waals surface area (Å²) in [5, 5.41) is 0. The highest BCUT2D eigenvalue weighted by Gasteiger charge is 2.57. The van der Waals surface area contributed by atoms with E-state index in [1.165, 1.54) is 0 Å². The van der Waals surface area contributed by atoms with E-state index >= 15 is 0 Å². The maximum absolute atomic E-state index is 14.2. The number of benzene rings is 3. The summed E-state index contributed by atoms with van der Waals surface area (Å²) in [5.74, 6) is -1.04. The highest BCUT2D eigenvalue weighted by atomic mass is 31.2. The molecule has 2 aliphatic rings. The average Bonchev–Trinajstić information content (AvgIpc) is 3.00. The van der Waals surface area contributed by atoms with Crippen LogP contribution in [0, 0.1) is 0 Å². The van der Waals surface area contributed by atoms with Crippen LogP contribution in [0.3, 0.4) is 0 Å². The van der Waals surface area contributed by atoms with Crippen molar-refractivity contribution in [3.05, 3.63) is 108 Å². The van der Waals surface area contributed by atoms with Gasteiger partial charge in [0.05, 0.1) is 33.0 Å². The molecule has 3 aromatic carbocycles. The Kier molecular flexibility index (Phi) is 10.2. The van der Waals surface area contributed by atoms with Gasteiger partial charge in [-0.1, -0.05) is 91.0 Å². The molecule has 0 saturated carbocycles. The Bertz CT molecular complexity index is 1200. The molecule has 2 heterocycles. The van der Waals surface area contributed by atoms with Crippen LogP contribution in [0.15, 0.2) is 91.0 Å². The van der Waals surface area contributed by atoms with Crippen molar-refractivity contribution < 1.29 is 37.3 Å². The molecule has 2 saturated heterocycles. The van der Waals surface area contributed by atoms with Gasteiger partial charge in [-0.2, -0.15) is 0 Å². The van der Waals surface area contributed by atoms with Gasteiger partial charge in [0.1, 0.15) is 24.4 Å². The Hall–Kier alpha value is -2.39. The van der Waals surface area contributed by atoms with Crippen molar-refractivity contribution in [3.8, 4) is 0 Å². The standard InChI is InChI=1S/C31H37O8P/c1-3-36-40(32,37-4-2)31-29(34-21-24-16-10-6-11-17-24)28(33-20-23-14-8-5-9-15-23)27-26(38-31)22-35-30(39-27)25-18-12-7-13-19-25/h5-19,26-31H,3-4,20-22H2,1-2H3/t26-,27-,28+,29+,30?,31-/m1/s1. The summed E-state index contributed by atoms with van der Waals surface area (Å²) >= 11 is 0. The van der Waals surface area contributed by atoms with Crippen LogP contribution < -0.4 is 0 Å². The Labute approximate surface area is 236 Å². The predicted octanol–water partition coefficient (Wildman–Crippen LogP) is 6.26. The highest BCUT2D eigenvalue weighted by Crippen LogP contribution is 2.58. The second kappa shape index (κ2) is 14.0. The number of fused-ring (bicyclic) bond motifs is 1. The van der Waals surface area contributed by atoms with Gasteiger partial charge in [0, 0.05) is 5.56 Å². The molecule has 9 heteroatoms. The van der Waals surface area contributed by atoms with Crippen molar-refractivity contribution >= 4 is 7.60 Å². The van der Waals surface area contributed by atoms with Crippen molar-refractivity contribution in [2.24, 2.45) is 0 Å². The van der Waals surface area contributed by atoms with Crippen LogP contribution in [0.2, 0.25) is 0 Å². The molecule has 0 aliphatic carbocycles. The van der Waals surface area contributed by atoms with E-state index in [0.717, 1.165) is 16.7 Å². The van der Waals surface area contributed by atoms with Crippen molar-refractivity contribution in [2.75, 3.05) is 19.8 Å². The van der Waals surface area contributed by atoms with Gasteiger partial charge in [0.25, 0.3) is 0 Å². The van der Waals surface area contributed by atoms with Crippen molar-refractivity contribution in [3.63, 3.8) is 0 Å². The molecule has 3 aromatic rings. The lowest BCUT2D eigenvalue weighted by molar-refractivity contribution is -0.332. The Morgan fingerprint density at radius 2 is 1.25 bits per heavy atom. The largest absolute Gasteiger partial charge is 0.368 e. The first-order valence-corrected chi connectivity index (χ1v) is 15.4. The Morgan fingerprint density at radius 3 is 1.80 bits per heavy atom. The number of hydrogen-bond acceptors (Lipinski definition) is 8. The molecule has 0 amide bonds. The number of rotatable bonds is 12. The van der Waals surface area contributed by atoms with Gasteiger partial charge in [-0.05, 0) is 25.0 Å². The van der Waals surface area contributed by atoms with Crippen molar-refractivity contribution in [1.82, 2.24) is 0 Å². The van der Waals surface area contributed by atoms with Crippen LogP contribution >= 0.6 is 7.60 Å². The molecule has 0 N–H and O–H groups in total. The molecule has 40 heavy (non-hydrogen) atoms. The van der Waals surface area contributed by atoms with E-state index in [2.05, 4.69) is 0 Å². The zero-order valence-corrected chi connectivity index (χ0v) is 23.8. The third kappa shape index (κ3) is 6.90. The summed E-state index contributed by atoms with van der Waals surface area (Å²) in [6.45, 7) is 4.71. The quantitative estimate of drug-likeness (QED) is 0.237. The first-order chi connectivity index (χ1) is 19.6. The molecular formula is C31H37O8P. The molecule has 8 nitrogen and oxygen atoms in total. The summed E-state index contributed by atoms with van der Waals surface area (Å²) in [6.07, 6.45) is -3.21. The van der Waals surface area contributed by atoms with Gasteiger partial charge in [-0.15, -0.1) is 0 Å². The molecule has 2 aliphatic heterocycles. The van der Waals surface area contributed by atoms with E-state index in [-0.39, 0.29) is 26.4 Å². The molecule has 1 unspecified atom stereocenters. The van der Waals surface area contributed by atoms with Gasteiger partial charge in [0.15, 0.2) is 12.1 Å². The van der Waals surface area contributed by atoms with Crippen LogP contribution in [0.4, 0.5) is 0 Å². The van der Waals surface area contributed by atoms with Gasteiger partial charge in [-0.25, -0.2) is 0 Å². The van der Waals surface area contributed by atoms with Crippen LogP contribution in [0.1, 0.15) is 36.8 Å². The van der Waals surface area contributed by atoms with E-state index in [1.807, 2.05) is 91.0 Å². The van der Waals surface area contributed by atoms with E-state index in [0.29, 0.717) is 6.61 Å². The molecule has 0 aromatic heterocycles. The summed E-state index contributed by atoms with van der Waals surface area (Å²) in [4.78, 5) is 0. The fraction of sp³-hybridized carbons (Fsp3) is 0.419. The minimum atomic E-state index is -3.78. The first kappa shape index (κ1) is 29.1. The normalized spacial score (nSPS) is 26.8. The Morgan fingerprint density at radius 1 is 0.725 bits per heavy atom. The summed E-state index contributed by atoms with van der Waals surface area (Å²) in [5.41, 5.74) is 2.84. The second-order valence-corrected chi connectivity index (χ2v) is 11.7. The van der Waals surface area contributed by atoms with Gasteiger partial charge < -0.3 is 32.7 Å². The van der Waals surface area contributed by atoms with E-state index in [4.69, 9.17) is 32.7 Å². The molecule has 0 bridgehead atoms. The smallest absolute Gasteiger partial charge is 0.361 e. The number of hydrogen-bond donors (Lipinski definition) is 0. The number of ether oxygens (including phenoxy) is 5.